The number of hydrogen-bond acceptors (Lipinski definition) is 4. The summed E-state index contributed by atoms with van der Waals surface area (Å²) in [6, 6.07) is 19.1. The molecule has 3 aromatic carbocycles. The van der Waals surface area contributed by atoms with Crippen molar-refractivity contribution in [3.8, 4) is 0 Å². The Hall–Kier alpha value is -3.16. The second-order valence-electron chi connectivity index (χ2n) is 7.00. The van der Waals surface area contributed by atoms with Gasteiger partial charge in [0.1, 0.15) is 0 Å². The summed E-state index contributed by atoms with van der Waals surface area (Å²) >= 11 is 0. The molecule has 3 aromatic rings. The first-order chi connectivity index (χ1) is 14.3. The number of carbonyl (C=O) groups is 1. The Morgan fingerprint density at radius 2 is 1.70 bits per heavy atom. The van der Waals surface area contributed by atoms with Crippen LogP contribution < -0.4 is 10.0 Å². The molecule has 0 aliphatic heterocycles. The molecule has 0 aliphatic carbocycles. The molecule has 156 valence electrons. The number of carbonyl (C=O) groups excluding carboxylic acids is 1. The lowest BCUT2D eigenvalue weighted by atomic mass is 10.1. The third-order valence-electron chi connectivity index (χ3n) is 4.57. The summed E-state index contributed by atoms with van der Waals surface area (Å²) in [5.41, 5.74) is 3.62. The number of nitrogens with one attached hydrogen (secondary N) is 2. The number of methoxy groups -OCH3 is 1. The summed E-state index contributed by atoms with van der Waals surface area (Å²) in [7, 11) is -2.26. The Morgan fingerprint density at radius 3 is 2.43 bits per heavy atom. The van der Waals surface area contributed by atoms with Gasteiger partial charge in [0.05, 0.1) is 11.5 Å². The number of hydrogen-bond donors (Lipinski definition) is 2. The molecular formula is C23H24N2O4S. The van der Waals surface area contributed by atoms with Crippen LogP contribution in [0.15, 0.2) is 71.6 Å². The van der Waals surface area contributed by atoms with Crippen LogP contribution in [0.5, 0.6) is 0 Å². The van der Waals surface area contributed by atoms with Crippen LogP contribution in [0.25, 0.3) is 0 Å². The number of rotatable bonds is 7. The number of ether oxygens (including phenoxy) is 1. The van der Waals surface area contributed by atoms with Gasteiger partial charge in [0.2, 0.25) is 0 Å². The van der Waals surface area contributed by atoms with E-state index < -0.39 is 10.0 Å². The van der Waals surface area contributed by atoms with Gasteiger partial charge in [0, 0.05) is 24.0 Å². The molecule has 2 N–H and O–H groups in total. The van der Waals surface area contributed by atoms with Crippen molar-refractivity contribution >= 4 is 27.3 Å². The fourth-order valence-corrected chi connectivity index (χ4v) is 4.43. The van der Waals surface area contributed by atoms with E-state index in [4.69, 9.17) is 4.74 Å². The second-order valence-corrected chi connectivity index (χ2v) is 8.65. The van der Waals surface area contributed by atoms with Gasteiger partial charge in [-0.15, -0.1) is 0 Å². The van der Waals surface area contributed by atoms with Crippen molar-refractivity contribution < 1.29 is 17.9 Å². The van der Waals surface area contributed by atoms with E-state index in [9.17, 15) is 13.2 Å². The molecule has 0 aliphatic rings. The van der Waals surface area contributed by atoms with Crippen molar-refractivity contribution in [2.24, 2.45) is 0 Å². The zero-order valence-corrected chi connectivity index (χ0v) is 17.9. The summed E-state index contributed by atoms with van der Waals surface area (Å²) in [6.45, 7) is 3.91. The minimum absolute atomic E-state index is 0.104. The Morgan fingerprint density at radius 1 is 0.933 bits per heavy atom. The Balaban J connectivity index is 1.87. The lowest BCUT2D eigenvalue weighted by molar-refractivity contribution is 0.102. The van der Waals surface area contributed by atoms with Crippen LogP contribution in [-0.2, 0) is 21.4 Å². The SMILES string of the molecule is COCc1ccccc1C(=O)Nc1ccc(C)c(S(=O)(=O)Nc2cccc(C)c2)c1. The van der Waals surface area contributed by atoms with E-state index in [-0.39, 0.29) is 10.8 Å². The molecule has 6 nitrogen and oxygen atoms in total. The lowest BCUT2D eigenvalue weighted by Crippen LogP contribution is -2.17. The average molecular weight is 425 g/mol. The molecule has 1 amide bonds. The van der Waals surface area contributed by atoms with Crippen LogP contribution in [0.3, 0.4) is 0 Å². The first-order valence-corrected chi connectivity index (χ1v) is 10.9. The second kappa shape index (κ2) is 9.11. The van der Waals surface area contributed by atoms with E-state index in [1.165, 1.54) is 6.07 Å². The van der Waals surface area contributed by atoms with Gasteiger partial charge in [-0.1, -0.05) is 36.4 Å². The van der Waals surface area contributed by atoms with Gasteiger partial charge in [-0.3, -0.25) is 9.52 Å². The van der Waals surface area contributed by atoms with Crippen molar-refractivity contribution in [3.05, 3.63) is 89.0 Å². The number of aryl methyl sites for hydroxylation is 2. The summed E-state index contributed by atoms with van der Waals surface area (Å²) < 4.78 is 33.6. The smallest absolute Gasteiger partial charge is 0.262 e. The molecule has 0 bridgehead atoms. The molecule has 0 atom stereocenters. The Labute approximate surface area is 177 Å². The summed E-state index contributed by atoms with van der Waals surface area (Å²) in [5, 5.41) is 2.78. The highest BCUT2D eigenvalue weighted by Crippen LogP contribution is 2.24. The van der Waals surface area contributed by atoms with Crippen molar-refractivity contribution in [1.29, 1.82) is 0 Å². The van der Waals surface area contributed by atoms with E-state index in [0.29, 0.717) is 29.1 Å². The van der Waals surface area contributed by atoms with Gasteiger partial charge in [0.15, 0.2) is 0 Å². The van der Waals surface area contributed by atoms with E-state index in [0.717, 1.165) is 11.1 Å². The number of amides is 1. The van der Waals surface area contributed by atoms with Gasteiger partial charge in [-0.25, -0.2) is 8.42 Å². The van der Waals surface area contributed by atoms with Crippen molar-refractivity contribution in [2.45, 2.75) is 25.3 Å². The van der Waals surface area contributed by atoms with Crippen LogP contribution in [-0.4, -0.2) is 21.4 Å². The predicted octanol–water partition coefficient (Wildman–Crippen LogP) is 4.50. The van der Waals surface area contributed by atoms with Gasteiger partial charge >= 0.3 is 0 Å². The maximum Gasteiger partial charge on any atom is 0.262 e. The molecule has 30 heavy (non-hydrogen) atoms. The molecule has 0 fully saturated rings. The maximum absolute atomic E-state index is 12.9. The third kappa shape index (κ3) is 5.06. The normalized spacial score (nSPS) is 11.2. The summed E-state index contributed by atoms with van der Waals surface area (Å²) in [4.78, 5) is 12.9. The Kier molecular flexibility index (Phi) is 6.54. The third-order valence-corrected chi connectivity index (χ3v) is 6.09. The summed E-state index contributed by atoms with van der Waals surface area (Å²) in [5.74, 6) is -0.332. The number of sulfonamides is 1. The van der Waals surface area contributed by atoms with Crippen molar-refractivity contribution in [1.82, 2.24) is 0 Å². The minimum atomic E-state index is -3.82. The van der Waals surface area contributed by atoms with Crippen molar-refractivity contribution in [2.75, 3.05) is 17.1 Å². The highest BCUT2D eigenvalue weighted by molar-refractivity contribution is 7.92. The van der Waals surface area contributed by atoms with Gasteiger partial charge < -0.3 is 10.1 Å². The minimum Gasteiger partial charge on any atom is -0.380 e. The molecule has 0 aromatic heterocycles. The highest BCUT2D eigenvalue weighted by atomic mass is 32.2. The van der Waals surface area contributed by atoms with E-state index in [2.05, 4.69) is 10.0 Å². The average Bonchev–Trinajstić information content (AvgIpc) is 2.69. The van der Waals surface area contributed by atoms with Crippen LogP contribution in [0, 0.1) is 13.8 Å². The molecule has 0 saturated heterocycles. The molecule has 0 saturated carbocycles. The molecule has 0 unspecified atom stereocenters. The number of benzene rings is 3. The molecular weight excluding hydrogens is 400 g/mol. The summed E-state index contributed by atoms with van der Waals surface area (Å²) in [6.07, 6.45) is 0. The fourth-order valence-electron chi connectivity index (χ4n) is 3.11. The largest absolute Gasteiger partial charge is 0.380 e. The maximum atomic E-state index is 12.9. The van der Waals surface area contributed by atoms with Gasteiger partial charge in [0.25, 0.3) is 15.9 Å². The highest BCUT2D eigenvalue weighted by Gasteiger charge is 2.19. The molecule has 7 heteroatoms. The Bertz CT molecular complexity index is 1170. The molecule has 0 heterocycles. The lowest BCUT2D eigenvalue weighted by Gasteiger charge is -2.14. The standard InChI is InChI=1S/C23H24N2O4S/c1-16-7-6-9-20(13-16)25-30(27,28)22-14-19(12-11-17(22)2)24-23(26)21-10-5-4-8-18(21)15-29-3/h4-14,25H,15H2,1-3H3,(H,24,26). The fraction of sp³-hybridized carbons (Fsp3) is 0.174. The van der Waals surface area contributed by atoms with E-state index in [1.807, 2.05) is 25.1 Å². The van der Waals surface area contributed by atoms with Crippen LogP contribution in [0.1, 0.15) is 27.0 Å². The molecule has 3 rings (SSSR count). The van der Waals surface area contributed by atoms with E-state index in [1.54, 1.807) is 56.5 Å². The first-order valence-electron chi connectivity index (χ1n) is 9.38. The van der Waals surface area contributed by atoms with Crippen LogP contribution >= 0.6 is 0 Å². The van der Waals surface area contributed by atoms with E-state index >= 15 is 0 Å². The van der Waals surface area contributed by atoms with Gasteiger partial charge in [-0.05, 0) is 60.9 Å². The zero-order valence-electron chi connectivity index (χ0n) is 17.1. The van der Waals surface area contributed by atoms with Crippen molar-refractivity contribution in [3.63, 3.8) is 0 Å². The van der Waals surface area contributed by atoms with Gasteiger partial charge in [-0.2, -0.15) is 0 Å². The topological polar surface area (TPSA) is 84.5 Å². The monoisotopic (exact) mass is 424 g/mol. The zero-order chi connectivity index (χ0) is 21.7. The quantitative estimate of drug-likeness (QED) is 0.585. The first kappa shape index (κ1) is 21.5. The number of anilines is 2. The molecule has 0 spiro atoms. The predicted molar refractivity (Wildman–Crippen MR) is 118 cm³/mol. The van der Waals surface area contributed by atoms with Crippen LogP contribution in [0.2, 0.25) is 0 Å². The van der Waals surface area contributed by atoms with Crippen LogP contribution in [0.4, 0.5) is 11.4 Å². The molecule has 0 radical (unpaired) electrons.